The Labute approximate surface area is 429 Å². The summed E-state index contributed by atoms with van der Waals surface area (Å²) in [7, 11) is -21.0. The first-order valence-corrected chi connectivity index (χ1v) is 28.3. The lowest BCUT2D eigenvalue weighted by atomic mass is 9.95. The summed E-state index contributed by atoms with van der Waals surface area (Å²) in [5.41, 5.74) is 9.34. The van der Waals surface area contributed by atoms with Gasteiger partial charge in [-0.05, 0) is 6.42 Å². The van der Waals surface area contributed by atoms with Gasteiger partial charge in [0.15, 0.2) is 30.2 Å². The van der Waals surface area contributed by atoms with Gasteiger partial charge in [-0.15, -0.1) is 0 Å². The summed E-state index contributed by atoms with van der Waals surface area (Å²) in [6, 6.07) is 0.926. The van der Waals surface area contributed by atoms with Gasteiger partial charge in [-0.25, -0.2) is 42.6 Å². The maximum absolute atomic E-state index is 13.6. The smallest absolute Gasteiger partial charge is 0.387 e. The zero-order valence-corrected chi connectivity index (χ0v) is 43.4. The third kappa shape index (κ3) is 12.8. The number of imidazole rings is 2. The van der Waals surface area contributed by atoms with E-state index in [9.17, 15) is 67.5 Å². The van der Waals surface area contributed by atoms with Gasteiger partial charge in [0.1, 0.15) is 54.6 Å². The molecule has 0 spiro atoms. The van der Waals surface area contributed by atoms with Gasteiger partial charge in [0.25, 0.3) is 17.1 Å². The normalized spacial score (nSPS) is 29.8. The number of H-pyrrole nitrogens is 2. The Kier molecular flexibility index (Phi) is 17.5. The maximum Gasteiger partial charge on any atom is 0.490 e. The summed E-state index contributed by atoms with van der Waals surface area (Å²) in [4.78, 5) is 100. The number of nitrogens with zero attached hydrogens (tertiary/aromatic N) is 8. The number of nitrogen functional groups attached to an aromatic ring is 2. The van der Waals surface area contributed by atoms with Crippen LogP contribution in [-0.2, 0) is 75.2 Å². The quantitative estimate of drug-likeness (QED) is 0.0167. The molecular formula is C36H51N12O25P4+. The van der Waals surface area contributed by atoms with Crippen molar-refractivity contribution in [3.8, 4) is 0 Å². The second-order valence-electron chi connectivity index (χ2n) is 17.0. The van der Waals surface area contributed by atoms with Crippen LogP contribution in [0.25, 0.3) is 22.3 Å². The Morgan fingerprint density at radius 3 is 2.13 bits per heavy atom. The fourth-order valence-electron chi connectivity index (χ4n) is 8.67. The van der Waals surface area contributed by atoms with E-state index in [0.29, 0.717) is 0 Å². The van der Waals surface area contributed by atoms with E-state index in [1.165, 1.54) is 33.2 Å². The number of ether oxygens (including phenoxy) is 5. The van der Waals surface area contributed by atoms with Gasteiger partial charge in [-0.3, -0.25) is 51.4 Å². The standard InChI is InChI=1S/C36H50N12O25P4/c1-4-7-45-15-48(30-22(45)31(53)44-35(38)43-30)32-23(50)16(6-9-63-2)17(68-32)10-66-75(57,58)72-77(61,62)73-76(59,60)67-12-19-26(27(64-3)34(70-19)47-14-41-21-28(37)39-13-40-29(21)47)71-74(55,56)65-11-18-24(51)25(52)33(69-18)46-8-5-20(49)42-36(46)54/h4-5,8,13-19,23-27,32-34,50-52H,1,6-7,9-12H2,2-3H3,(H9-,37,38,39,40,42,43,44,49,53,54,55,56,57,58,59,60,61,62)/p+1/t16-,17-,18-,19-,23-,24-,25-,26-,27-,32-,33-,34-/m1/s1. The van der Waals surface area contributed by atoms with Gasteiger partial charge in [0, 0.05) is 39.0 Å². The summed E-state index contributed by atoms with van der Waals surface area (Å²) in [6.07, 6.45) is -11.7. The van der Waals surface area contributed by atoms with Crippen LogP contribution in [0.5, 0.6) is 0 Å². The number of methoxy groups -OCH3 is 2. The number of aliphatic hydroxyl groups is 3. The Bertz CT molecular complexity index is 3360. The van der Waals surface area contributed by atoms with Crippen molar-refractivity contribution in [1.82, 2.24) is 43.6 Å². The van der Waals surface area contributed by atoms with Crippen LogP contribution in [0, 0.1) is 5.92 Å². The van der Waals surface area contributed by atoms with Gasteiger partial charge in [0.2, 0.25) is 11.7 Å². The van der Waals surface area contributed by atoms with Crippen molar-refractivity contribution >= 4 is 65.4 Å². The molecule has 0 bridgehead atoms. The van der Waals surface area contributed by atoms with E-state index in [-0.39, 0.29) is 53.7 Å². The molecule has 41 heteroatoms. The van der Waals surface area contributed by atoms with E-state index in [1.54, 1.807) is 0 Å². The molecule has 0 amide bonds. The minimum Gasteiger partial charge on any atom is -0.387 e. The lowest BCUT2D eigenvalue weighted by Gasteiger charge is -2.26. The lowest BCUT2D eigenvalue weighted by Crippen LogP contribution is -2.45. The summed E-state index contributed by atoms with van der Waals surface area (Å²) >= 11 is 0. The van der Waals surface area contributed by atoms with Crippen molar-refractivity contribution in [2.24, 2.45) is 5.92 Å². The van der Waals surface area contributed by atoms with Crippen molar-refractivity contribution in [3.63, 3.8) is 0 Å². The fraction of sp³-hybridized carbons (Fsp3) is 0.556. The predicted molar refractivity (Wildman–Crippen MR) is 251 cm³/mol. The maximum atomic E-state index is 13.6. The Morgan fingerprint density at radius 2 is 1.47 bits per heavy atom. The molecule has 4 unspecified atom stereocenters. The second-order valence-corrected chi connectivity index (χ2v) is 23.0. The van der Waals surface area contributed by atoms with Gasteiger partial charge in [-0.2, -0.15) is 8.62 Å². The van der Waals surface area contributed by atoms with Crippen LogP contribution in [0.2, 0.25) is 0 Å². The average Bonchev–Trinajstić information content (AvgIpc) is 4.18. The highest BCUT2D eigenvalue weighted by atomic mass is 31.3. The number of fused-ring (bicyclic) bond motifs is 2. The van der Waals surface area contributed by atoms with Crippen LogP contribution in [0.4, 0.5) is 11.8 Å². The first kappa shape index (κ1) is 58.3. The Morgan fingerprint density at radius 1 is 0.805 bits per heavy atom. The second kappa shape index (κ2) is 23.1. The van der Waals surface area contributed by atoms with Gasteiger partial charge in [-0.1, -0.05) is 17.6 Å². The minimum atomic E-state index is -6.19. The molecule has 5 aromatic rings. The number of hydrogen-bond acceptors (Lipinski definition) is 27. The molecule has 3 fully saturated rings. The van der Waals surface area contributed by atoms with Crippen molar-refractivity contribution in [2.45, 2.75) is 80.5 Å². The number of anilines is 2. The van der Waals surface area contributed by atoms with Crippen LogP contribution in [0.1, 0.15) is 25.1 Å². The van der Waals surface area contributed by atoms with E-state index >= 15 is 0 Å². The zero-order chi connectivity index (χ0) is 55.9. The summed E-state index contributed by atoms with van der Waals surface area (Å²) in [5.74, 6) is -1.32. The summed E-state index contributed by atoms with van der Waals surface area (Å²) in [5, 5.41) is 32.8. The number of aliphatic hydroxyl groups excluding tert-OH is 3. The molecule has 13 N–H and O–H groups in total. The van der Waals surface area contributed by atoms with E-state index in [1.807, 2.05) is 4.98 Å². The van der Waals surface area contributed by atoms with E-state index < -0.39 is 141 Å². The van der Waals surface area contributed by atoms with Crippen molar-refractivity contribution < 1.29 is 108 Å². The molecule has 8 rings (SSSR count). The zero-order valence-electron chi connectivity index (χ0n) is 39.8. The first-order chi connectivity index (χ1) is 36.3. The average molecular weight is 1180 g/mol. The van der Waals surface area contributed by atoms with Crippen LogP contribution in [-0.4, -0.2) is 168 Å². The predicted octanol–water partition coefficient (Wildman–Crippen LogP) is -2.93. The van der Waals surface area contributed by atoms with Crippen LogP contribution >= 0.6 is 31.3 Å². The topological polar surface area (TPSA) is 516 Å². The fourth-order valence-corrected chi connectivity index (χ4v) is 13.1. The highest BCUT2D eigenvalue weighted by molar-refractivity contribution is 7.66. The molecule has 3 saturated heterocycles. The molecule has 0 saturated carbocycles. The van der Waals surface area contributed by atoms with E-state index in [0.717, 1.165) is 36.6 Å². The van der Waals surface area contributed by atoms with Crippen molar-refractivity contribution in [3.05, 3.63) is 75.1 Å². The third-order valence-corrected chi connectivity index (χ3v) is 17.3. The monoisotopic (exact) mass is 1180 g/mol. The largest absolute Gasteiger partial charge is 0.490 e. The highest BCUT2D eigenvalue weighted by Gasteiger charge is 2.54. The van der Waals surface area contributed by atoms with Gasteiger partial charge in [0.05, 0.1) is 38.8 Å². The molecule has 5 aromatic heterocycles. The molecule has 0 aliphatic carbocycles. The lowest BCUT2D eigenvalue weighted by molar-refractivity contribution is -0.745. The molecule has 0 radical (unpaired) electrons. The molecule has 424 valence electrons. The van der Waals surface area contributed by atoms with Crippen molar-refractivity contribution in [1.29, 1.82) is 0 Å². The SMILES string of the molecule is C=CCn1c[n+]([C@@H]2O[C@H](COP(=O)(O)OP(=O)(O)OP(=O)(O)OC[C@H]3O[C@@H](n4cnc5c(N)ncnc54)[C@H](OC)[C@@H]3OP(=O)(O)OC[C@H]3O[C@@H](n4ccc(=O)[nH]c4=O)[C@H](O)[C@@H]3O)[C@@H](CCOC)[C@H]2O)c2nc(N)[nH]c(=O)c21. The highest BCUT2D eigenvalue weighted by Crippen LogP contribution is 2.68. The molecular weight excluding hydrogens is 1120 g/mol. The number of nitrogens with two attached hydrogens (primary N) is 2. The number of aromatic nitrogens is 10. The molecule has 16 atom stereocenters. The van der Waals surface area contributed by atoms with Crippen LogP contribution in [0.15, 0.2) is 58.3 Å². The summed E-state index contributed by atoms with van der Waals surface area (Å²) in [6.45, 7) is 0.563. The minimum absolute atomic E-state index is 0.00807. The molecule has 77 heavy (non-hydrogen) atoms. The molecule has 3 aliphatic heterocycles. The van der Waals surface area contributed by atoms with Crippen LogP contribution in [0.3, 0.4) is 0 Å². The number of hydrogen-bond donors (Lipinski definition) is 11. The van der Waals surface area contributed by atoms with Crippen molar-refractivity contribution in [2.75, 3.05) is 52.1 Å². The Hall–Kier alpha value is -4.88. The number of phosphoric acid groups is 4. The number of aromatic amines is 2. The summed E-state index contributed by atoms with van der Waals surface area (Å²) < 4.78 is 115. The third-order valence-electron chi connectivity index (χ3n) is 12.0. The molecule has 3 aliphatic rings. The van der Waals surface area contributed by atoms with E-state index in [2.05, 4.69) is 40.1 Å². The molecule has 0 aromatic carbocycles. The first-order valence-electron chi connectivity index (χ1n) is 22.3. The van der Waals surface area contributed by atoms with Gasteiger partial charge >= 0.3 is 42.6 Å². The molecule has 8 heterocycles. The number of allylic oxidation sites excluding steroid dienone is 1. The number of nitrogens with one attached hydrogen (secondary N) is 2. The molecule has 37 nitrogen and oxygen atoms in total. The number of phosphoric ester groups is 3. The van der Waals surface area contributed by atoms with E-state index in [4.69, 9.17) is 53.2 Å². The number of rotatable bonds is 24. The Balaban J connectivity index is 0.945. The van der Waals surface area contributed by atoms with Crippen LogP contribution < -0.4 is 32.8 Å². The van der Waals surface area contributed by atoms with Gasteiger partial charge < -0.3 is 70.0 Å².